The van der Waals surface area contributed by atoms with Crippen LogP contribution in [0, 0.1) is 0 Å². The fourth-order valence-electron chi connectivity index (χ4n) is 2.58. The van der Waals surface area contributed by atoms with Crippen LogP contribution in [0.4, 0.5) is 5.69 Å². The molecule has 2 heterocycles. The molecule has 1 aromatic carbocycles. The van der Waals surface area contributed by atoms with Gasteiger partial charge in [-0.05, 0) is 43.5 Å². The Morgan fingerprint density at radius 2 is 2.29 bits per heavy atom. The van der Waals surface area contributed by atoms with Crippen molar-refractivity contribution in [2.45, 2.75) is 37.4 Å². The Morgan fingerprint density at radius 3 is 3.14 bits per heavy atom. The fraction of sp³-hybridized carbons (Fsp3) is 0.438. The van der Waals surface area contributed by atoms with Crippen molar-refractivity contribution in [1.29, 1.82) is 0 Å². The number of hydrogen-bond donors (Lipinski definition) is 2. The molecular weight excluding hydrogens is 300 g/mol. The first-order valence-electron chi connectivity index (χ1n) is 7.46. The number of benzene rings is 1. The molecule has 0 radical (unpaired) electrons. The van der Waals surface area contributed by atoms with Crippen LogP contribution in [0.2, 0.25) is 0 Å². The lowest BCUT2D eigenvalue weighted by Gasteiger charge is -2.07. The van der Waals surface area contributed by atoms with Crippen LogP contribution in [0.5, 0.6) is 0 Å². The molecule has 2 aromatic rings. The summed E-state index contributed by atoms with van der Waals surface area (Å²) in [6.07, 6.45) is 7.26. The zero-order valence-electron chi connectivity index (χ0n) is 11.9. The number of H-pyrrole nitrogens is 1. The molecule has 2 N–H and O–H groups in total. The number of nitrogens with one attached hydrogen (secondary N) is 2. The van der Waals surface area contributed by atoms with Gasteiger partial charge in [-0.15, -0.1) is 0 Å². The van der Waals surface area contributed by atoms with E-state index < -0.39 is 0 Å². The molecule has 1 aliphatic rings. The van der Waals surface area contributed by atoms with Gasteiger partial charge in [0.25, 0.3) is 0 Å². The summed E-state index contributed by atoms with van der Waals surface area (Å²) in [5, 5.41) is 4.93. The van der Waals surface area contributed by atoms with Crippen LogP contribution >= 0.6 is 21.6 Å². The smallest absolute Gasteiger partial charge is 0.224 e. The second-order valence-corrected chi connectivity index (χ2v) is 8.19. The van der Waals surface area contributed by atoms with Crippen molar-refractivity contribution in [3.8, 4) is 0 Å². The number of unbranched alkanes of at least 4 members (excludes halogenated alkanes) is 1. The molecular formula is C16H20N2OS2. The number of fused-ring (bicyclic) bond motifs is 1. The Labute approximate surface area is 133 Å². The van der Waals surface area contributed by atoms with Gasteiger partial charge >= 0.3 is 0 Å². The molecule has 1 saturated heterocycles. The maximum absolute atomic E-state index is 12.0. The van der Waals surface area contributed by atoms with Crippen molar-refractivity contribution in [2.24, 2.45) is 0 Å². The molecule has 1 atom stereocenters. The summed E-state index contributed by atoms with van der Waals surface area (Å²) >= 11 is 0. The summed E-state index contributed by atoms with van der Waals surface area (Å²) in [5.74, 6) is 1.41. The van der Waals surface area contributed by atoms with Gasteiger partial charge in [-0.3, -0.25) is 4.79 Å². The summed E-state index contributed by atoms with van der Waals surface area (Å²) in [6.45, 7) is 0. The van der Waals surface area contributed by atoms with Gasteiger partial charge < -0.3 is 10.3 Å². The van der Waals surface area contributed by atoms with Crippen molar-refractivity contribution < 1.29 is 4.79 Å². The Balaban J connectivity index is 1.40. The van der Waals surface area contributed by atoms with Crippen LogP contribution < -0.4 is 5.32 Å². The summed E-state index contributed by atoms with van der Waals surface area (Å²) in [5.41, 5.74) is 1.98. The van der Waals surface area contributed by atoms with E-state index in [1.54, 1.807) is 0 Å². The predicted octanol–water partition coefficient (Wildman–Crippen LogP) is 4.82. The van der Waals surface area contributed by atoms with Gasteiger partial charge in [-0.25, -0.2) is 0 Å². The van der Waals surface area contributed by atoms with Crippen LogP contribution in [-0.4, -0.2) is 21.9 Å². The highest BCUT2D eigenvalue weighted by Gasteiger charge is 2.15. The zero-order chi connectivity index (χ0) is 14.5. The van der Waals surface area contributed by atoms with Crippen LogP contribution in [0.25, 0.3) is 10.9 Å². The quantitative estimate of drug-likeness (QED) is 0.592. The predicted molar refractivity (Wildman–Crippen MR) is 93.9 cm³/mol. The number of rotatable bonds is 6. The summed E-state index contributed by atoms with van der Waals surface area (Å²) < 4.78 is 0. The molecule has 1 amide bonds. The number of aromatic nitrogens is 1. The third kappa shape index (κ3) is 4.20. The van der Waals surface area contributed by atoms with E-state index in [1.165, 1.54) is 18.6 Å². The normalized spacial score (nSPS) is 18.2. The molecule has 1 unspecified atom stereocenters. The summed E-state index contributed by atoms with van der Waals surface area (Å²) in [6, 6.07) is 7.97. The average molecular weight is 320 g/mol. The van der Waals surface area contributed by atoms with E-state index in [1.807, 2.05) is 52.1 Å². The fourth-order valence-corrected chi connectivity index (χ4v) is 5.60. The molecule has 1 aliphatic heterocycles. The van der Waals surface area contributed by atoms with Crippen LogP contribution in [-0.2, 0) is 4.79 Å². The first-order valence-corrected chi connectivity index (χ1v) is 9.85. The molecule has 5 heteroatoms. The van der Waals surface area contributed by atoms with Crippen LogP contribution in [0.15, 0.2) is 30.5 Å². The molecule has 0 bridgehead atoms. The van der Waals surface area contributed by atoms with Gasteiger partial charge in [0.1, 0.15) is 0 Å². The van der Waals surface area contributed by atoms with Gasteiger partial charge in [0.2, 0.25) is 5.91 Å². The third-order valence-corrected chi connectivity index (χ3v) is 6.75. The van der Waals surface area contributed by atoms with E-state index in [2.05, 4.69) is 10.3 Å². The van der Waals surface area contributed by atoms with Crippen molar-refractivity contribution in [1.82, 2.24) is 4.98 Å². The highest BCUT2D eigenvalue weighted by Crippen LogP contribution is 2.39. The van der Waals surface area contributed by atoms with Gasteiger partial charge in [0.15, 0.2) is 0 Å². The second kappa shape index (κ2) is 7.27. The molecule has 112 valence electrons. The molecule has 3 nitrogen and oxygen atoms in total. The molecule has 1 aromatic heterocycles. The highest BCUT2D eigenvalue weighted by molar-refractivity contribution is 8.77. The Bertz CT molecular complexity index is 605. The Morgan fingerprint density at radius 1 is 1.33 bits per heavy atom. The van der Waals surface area contributed by atoms with E-state index in [-0.39, 0.29) is 5.91 Å². The number of anilines is 1. The number of carbonyl (C=O) groups excluding carboxylic acids is 1. The molecule has 0 spiro atoms. The molecule has 1 fully saturated rings. The minimum atomic E-state index is 0.123. The standard InChI is InChI=1S/C16H20N2OS2/c19-16(4-2-1-3-14-8-10-20-21-14)18-13-5-6-15-12(11-13)7-9-17-15/h5-7,9,11,14,17H,1-4,8,10H2,(H,18,19). The van der Waals surface area contributed by atoms with Gasteiger partial charge in [-0.1, -0.05) is 28.0 Å². The SMILES string of the molecule is O=C(CCCCC1CCSS1)Nc1ccc2[nH]ccc2c1. The highest BCUT2D eigenvalue weighted by atomic mass is 33.1. The largest absolute Gasteiger partial charge is 0.361 e. The molecule has 21 heavy (non-hydrogen) atoms. The number of amides is 1. The van der Waals surface area contributed by atoms with Crippen LogP contribution in [0.3, 0.4) is 0 Å². The van der Waals surface area contributed by atoms with E-state index >= 15 is 0 Å². The first-order chi connectivity index (χ1) is 10.3. The van der Waals surface area contributed by atoms with Crippen molar-refractivity contribution >= 4 is 44.1 Å². The van der Waals surface area contributed by atoms with Crippen molar-refractivity contribution in [3.63, 3.8) is 0 Å². The van der Waals surface area contributed by atoms with Gasteiger partial charge in [-0.2, -0.15) is 0 Å². The average Bonchev–Trinajstić information content (AvgIpc) is 3.14. The van der Waals surface area contributed by atoms with E-state index in [9.17, 15) is 4.79 Å². The first kappa shape index (κ1) is 14.9. The summed E-state index contributed by atoms with van der Waals surface area (Å²) in [4.78, 5) is 15.1. The van der Waals surface area contributed by atoms with E-state index in [0.29, 0.717) is 6.42 Å². The maximum atomic E-state index is 12.0. The molecule has 3 rings (SSSR count). The maximum Gasteiger partial charge on any atom is 0.224 e. The third-order valence-electron chi connectivity index (χ3n) is 3.74. The Kier molecular flexibility index (Phi) is 5.14. The van der Waals surface area contributed by atoms with Gasteiger partial charge in [0.05, 0.1) is 0 Å². The number of carbonyl (C=O) groups is 1. The lowest BCUT2D eigenvalue weighted by atomic mass is 10.1. The minimum absolute atomic E-state index is 0.123. The minimum Gasteiger partial charge on any atom is -0.361 e. The van der Waals surface area contributed by atoms with Crippen molar-refractivity contribution in [2.75, 3.05) is 11.1 Å². The monoisotopic (exact) mass is 320 g/mol. The number of aromatic amines is 1. The van der Waals surface area contributed by atoms with Crippen molar-refractivity contribution in [3.05, 3.63) is 30.5 Å². The van der Waals surface area contributed by atoms with E-state index in [4.69, 9.17) is 0 Å². The summed E-state index contributed by atoms with van der Waals surface area (Å²) in [7, 11) is 4.00. The van der Waals surface area contributed by atoms with Gasteiger partial charge in [0, 0.05) is 40.2 Å². The molecule has 0 aliphatic carbocycles. The Hall–Kier alpha value is -1.07. The topological polar surface area (TPSA) is 44.9 Å². The van der Waals surface area contributed by atoms with E-state index in [0.717, 1.165) is 34.7 Å². The lowest BCUT2D eigenvalue weighted by molar-refractivity contribution is -0.116. The second-order valence-electron chi connectivity index (χ2n) is 5.40. The number of hydrogen-bond acceptors (Lipinski definition) is 3. The lowest BCUT2D eigenvalue weighted by Crippen LogP contribution is -2.11. The zero-order valence-corrected chi connectivity index (χ0v) is 13.6. The van der Waals surface area contributed by atoms with Crippen LogP contribution in [0.1, 0.15) is 32.1 Å². The molecule has 0 saturated carbocycles.